The van der Waals surface area contributed by atoms with Crippen molar-refractivity contribution in [3.05, 3.63) is 24.2 Å². The molecule has 1 aromatic heterocycles. The Kier molecular flexibility index (Phi) is 5.01. The van der Waals surface area contributed by atoms with Crippen molar-refractivity contribution in [3.8, 4) is 0 Å². The van der Waals surface area contributed by atoms with E-state index in [9.17, 15) is 9.59 Å². The van der Waals surface area contributed by atoms with Crippen LogP contribution in [0.15, 0.2) is 22.8 Å². The third kappa shape index (κ3) is 4.07. The molecule has 0 spiro atoms. The molecule has 21 heavy (non-hydrogen) atoms. The van der Waals surface area contributed by atoms with Crippen molar-refractivity contribution in [2.45, 2.75) is 38.8 Å². The molecular weight excluding hydrogens is 272 g/mol. The smallest absolute Gasteiger partial charge is 0.306 e. The summed E-state index contributed by atoms with van der Waals surface area (Å²) in [6.45, 7) is 4.77. The summed E-state index contributed by atoms with van der Waals surface area (Å²) in [6, 6.07) is 3.55. The second-order valence-electron chi connectivity index (χ2n) is 5.68. The van der Waals surface area contributed by atoms with Crippen LogP contribution in [0.3, 0.4) is 0 Å². The summed E-state index contributed by atoms with van der Waals surface area (Å²) in [6.07, 6.45) is 2.77. The van der Waals surface area contributed by atoms with Crippen LogP contribution in [-0.4, -0.2) is 41.0 Å². The highest BCUT2D eigenvalue weighted by Crippen LogP contribution is 2.22. The van der Waals surface area contributed by atoms with Gasteiger partial charge in [-0.3, -0.25) is 14.5 Å². The Hall–Kier alpha value is -1.82. The molecule has 1 aromatic rings. The Morgan fingerprint density at radius 3 is 2.90 bits per heavy atom. The summed E-state index contributed by atoms with van der Waals surface area (Å²) >= 11 is 0. The van der Waals surface area contributed by atoms with Crippen LogP contribution >= 0.6 is 0 Å². The number of aliphatic carboxylic acids is 1. The van der Waals surface area contributed by atoms with Crippen molar-refractivity contribution in [2.75, 3.05) is 13.1 Å². The Morgan fingerprint density at radius 2 is 2.33 bits per heavy atom. The number of carboxylic acids is 1. The van der Waals surface area contributed by atoms with Crippen LogP contribution in [0.2, 0.25) is 0 Å². The number of amides is 1. The topological polar surface area (TPSA) is 82.8 Å². The molecule has 1 amide bonds. The molecule has 0 aromatic carbocycles. The molecule has 1 saturated heterocycles. The van der Waals surface area contributed by atoms with Crippen molar-refractivity contribution < 1.29 is 19.1 Å². The molecule has 3 atom stereocenters. The van der Waals surface area contributed by atoms with Gasteiger partial charge in [-0.15, -0.1) is 0 Å². The number of nitrogens with one attached hydrogen (secondary N) is 1. The molecule has 1 aliphatic rings. The van der Waals surface area contributed by atoms with Gasteiger partial charge in [0.25, 0.3) is 0 Å². The summed E-state index contributed by atoms with van der Waals surface area (Å²) in [7, 11) is 0. The maximum Gasteiger partial charge on any atom is 0.306 e. The first-order chi connectivity index (χ1) is 9.97. The highest BCUT2D eigenvalue weighted by atomic mass is 16.4. The van der Waals surface area contributed by atoms with Crippen LogP contribution in [0.1, 0.15) is 38.5 Å². The average Bonchev–Trinajstić information content (AvgIpc) is 2.94. The van der Waals surface area contributed by atoms with Crippen molar-refractivity contribution in [2.24, 2.45) is 5.92 Å². The molecule has 2 heterocycles. The minimum atomic E-state index is -0.739. The highest BCUT2D eigenvalue weighted by molar-refractivity contribution is 5.78. The largest absolute Gasteiger partial charge is 0.481 e. The maximum atomic E-state index is 12.1. The molecule has 0 aliphatic carbocycles. The Balaban J connectivity index is 1.82. The molecule has 116 valence electrons. The molecular formula is C15H22N2O4. The number of nitrogens with zero attached hydrogens (tertiary/aromatic N) is 1. The van der Waals surface area contributed by atoms with E-state index in [-0.39, 0.29) is 23.9 Å². The predicted octanol–water partition coefficient (Wildman–Crippen LogP) is 1.64. The second-order valence-corrected chi connectivity index (χ2v) is 5.68. The van der Waals surface area contributed by atoms with Crippen LogP contribution in [0.4, 0.5) is 0 Å². The quantitative estimate of drug-likeness (QED) is 0.862. The lowest BCUT2D eigenvalue weighted by Gasteiger charge is -2.35. The first-order valence-corrected chi connectivity index (χ1v) is 7.27. The van der Waals surface area contributed by atoms with Crippen molar-refractivity contribution in [3.63, 3.8) is 0 Å². The fourth-order valence-corrected chi connectivity index (χ4v) is 2.76. The van der Waals surface area contributed by atoms with Crippen LogP contribution in [0, 0.1) is 5.92 Å². The molecule has 3 unspecified atom stereocenters. The Morgan fingerprint density at radius 1 is 1.57 bits per heavy atom. The molecule has 2 N–H and O–H groups in total. The zero-order chi connectivity index (χ0) is 15.4. The van der Waals surface area contributed by atoms with Gasteiger partial charge in [-0.2, -0.15) is 0 Å². The maximum absolute atomic E-state index is 12.1. The fourth-order valence-electron chi connectivity index (χ4n) is 2.76. The van der Waals surface area contributed by atoms with Crippen molar-refractivity contribution in [1.29, 1.82) is 0 Å². The lowest BCUT2D eigenvalue weighted by atomic mass is 9.92. The highest BCUT2D eigenvalue weighted by Gasteiger charge is 2.30. The van der Waals surface area contributed by atoms with E-state index in [0.717, 1.165) is 5.76 Å². The van der Waals surface area contributed by atoms with Crippen molar-refractivity contribution in [1.82, 2.24) is 10.2 Å². The number of piperidine rings is 1. The van der Waals surface area contributed by atoms with Crippen LogP contribution in [0.5, 0.6) is 0 Å². The SMILES string of the molecule is CC(NC(=O)CN1CCC(C(=O)O)CC1C)c1ccco1. The number of carboxylic acid groups (broad SMARTS) is 1. The zero-order valence-electron chi connectivity index (χ0n) is 12.4. The van der Waals surface area contributed by atoms with E-state index in [1.807, 2.05) is 24.8 Å². The van der Waals surface area contributed by atoms with E-state index in [2.05, 4.69) is 5.32 Å². The zero-order valence-corrected chi connectivity index (χ0v) is 12.4. The number of carbonyl (C=O) groups is 2. The van der Waals surface area contributed by atoms with Crippen LogP contribution < -0.4 is 5.32 Å². The number of hydrogen-bond acceptors (Lipinski definition) is 4. The van der Waals surface area contributed by atoms with Gasteiger partial charge in [0, 0.05) is 6.04 Å². The summed E-state index contributed by atoms with van der Waals surface area (Å²) in [5, 5.41) is 11.9. The van der Waals surface area contributed by atoms with Gasteiger partial charge >= 0.3 is 5.97 Å². The standard InChI is InChI=1S/C15H22N2O4/c1-10-8-12(15(19)20)5-6-17(10)9-14(18)16-11(2)13-4-3-7-21-13/h3-4,7,10-12H,5-6,8-9H2,1-2H3,(H,16,18)(H,19,20). The van der Waals surface area contributed by atoms with Crippen LogP contribution in [-0.2, 0) is 9.59 Å². The Labute approximate surface area is 124 Å². The lowest BCUT2D eigenvalue weighted by Crippen LogP contribution is -2.47. The van der Waals surface area contributed by atoms with Gasteiger partial charge in [0.2, 0.25) is 5.91 Å². The lowest BCUT2D eigenvalue weighted by molar-refractivity contribution is -0.144. The van der Waals surface area contributed by atoms with Gasteiger partial charge in [-0.1, -0.05) is 0 Å². The van der Waals surface area contributed by atoms with E-state index >= 15 is 0 Å². The number of carbonyl (C=O) groups excluding carboxylic acids is 1. The number of likely N-dealkylation sites (tertiary alicyclic amines) is 1. The van der Waals surface area contributed by atoms with Crippen molar-refractivity contribution >= 4 is 11.9 Å². The molecule has 6 heteroatoms. The molecule has 6 nitrogen and oxygen atoms in total. The molecule has 2 rings (SSSR count). The van der Waals surface area contributed by atoms with E-state index in [1.54, 1.807) is 12.3 Å². The third-order valence-electron chi connectivity index (χ3n) is 4.06. The molecule has 0 bridgehead atoms. The molecule has 0 radical (unpaired) electrons. The van der Waals surface area contributed by atoms with E-state index in [0.29, 0.717) is 25.9 Å². The normalized spacial score (nSPS) is 24.5. The van der Waals surface area contributed by atoms with E-state index < -0.39 is 5.97 Å². The van der Waals surface area contributed by atoms with Gasteiger partial charge in [-0.25, -0.2) is 0 Å². The summed E-state index contributed by atoms with van der Waals surface area (Å²) in [5.41, 5.74) is 0. The number of hydrogen-bond donors (Lipinski definition) is 2. The molecule has 0 saturated carbocycles. The van der Waals surface area contributed by atoms with Gasteiger partial charge in [0.15, 0.2) is 0 Å². The van der Waals surface area contributed by atoms with Gasteiger partial charge in [0.05, 0.1) is 24.8 Å². The minimum absolute atomic E-state index is 0.0699. The van der Waals surface area contributed by atoms with Gasteiger partial charge in [0.1, 0.15) is 5.76 Å². The van der Waals surface area contributed by atoms with Gasteiger partial charge in [-0.05, 0) is 45.4 Å². The second kappa shape index (κ2) is 6.76. The summed E-state index contributed by atoms with van der Waals surface area (Å²) in [4.78, 5) is 25.1. The Bertz CT molecular complexity index is 486. The summed E-state index contributed by atoms with van der Waals surface area (Å²) < 4.78 is 5.25. The number of rotatable bonds is 5. The minimum Gasteiger partial charge on any atom is -0.481 e. The first kappa shape index (κ1) is 15.6. The van der Waals surface area contributed by atoms with Crippen LogP contribution in [0.25, 0.3) is 0 Å². The fraction of sp³-hybridized carbons (Fsp3) is 0.600. The summed E-state index contributed by atoms with van der Waals surface area (Å²) in [5.74, 6) is -0.376. The van der Waals surface area contributed by atoms with Gasteiger partial charge < -0.3 is 14.8 Å². The van der Waals surface area contributed by atoms with E-state index in [1.165, 1.54) is 0 Å². The first-order valence-electron chi connectivity index (χ1n) is 7.27. The number of furan rings is 1. The monoisotopic (exact) mass is 294 g/mol. The molecule has 1 aliphatic heterocycles. The predicted molar refractivity (Wildman–Crippen MR) is 76.7 cm³/mol. The molecule has 1 fully saturated rings. The van der Waals surface area contributed by atoms with E-state index in [4.69, 9.17) is 9.52 Å². The average molecular weight is 294 g/mol. The third-order valence-corrected chi connectivity index (χ3v) is 4.06.